The van der Waals surface area contributed by atoms with Crippen LogP contribution in [-0.4, -0.2) is 42.9 Å². The Bertz CT molecular complexity index is 439. The van der Waals surface area contributed by atoms with Crippen LogP contribution in [-0.2, 0) is 19.4 Å². The van der Waals surface area contributed by atoms with Crippen LogP contribution in [0.5, 0.6) is 0 Å². The van der Waals surface area contributed by atoms with E-state index in [0.717, 1.165) is 0 Å². The highest BCUT2D eigenvalue weighted by atomic mass is 32.2. The van der Waals surface area contributed by atoms with Crippen LogP contribution in [0.25, 0.3) is 0 Å². The smallest absolute Gasteiger partial charge is 0.326 e. The number of hydrogen-bond acceptors (Lipinski definition) is 4. The van der Waals surface area contributed by atoms with Crippen molar-refractivity contribution in [2.24, 2.45) is 5.92 Å². The lowest BCUT2D eigenvalue weighted by atomic mass is 10.2. The summed E-state index contributed by atoms with van der Waals surface area (Å²) in [5, 5.41) is 11.1. The van der Waals surface area contributed by atoms with E-state index in [1.807, 2.05) is 0 Å². The molecule has 0 aromatic carbocycles. The number of carbonyl (C=O) groups excluding carboxylic acids is 1. The monoisotopic (exact) mass is 291 g/mol. The Balaban J connectivity index is 4.54. The van der Waals surface area contributed by atoms with Crippen molar-refractivity contribution in [3.8, 4) is 0 Å². The molecule has 1 unspecified atom stereocenters. The maximum atomic E-state index is 11.6. The Morgan fingerprint density at radius 1 is 1.32 bits per heavy atom. The largest absolute Gasteiger partial charge is 0.480 e. The van der Waals surface area contributed by atoms with Crippen LogP contribution in [0, 0.1) is 5.92 Å². The quantitative estimate of drug-likeness (QED) is 0.638. The molecule has 7 heteroatoms. The van der Waals surface area contributed by atoms with Gasteiger partial charge in [-0.25, -0.2) is 13.2 Å². The van der Waals surface area contributed by atoms with E-state index in [4.69, 9.17) is 5.11 Å². The third-order valence-corrected chi connectivity index (χ3v) is 4.06. The molecule has 0 fully saturated rings. The molecule has 0 radical (unpaired) electrons. The van der Waals surface area contributed by atoms with Crippen molar-refractivity contribution in [2.45, 2.75) is 33.2 Å². The summed E-state index contributed by atoms with van der Waals surface area (Å²) >= 11 is 0. The molecule has 0 saturated heterocycles. The zero-order valence-electron chi connectivity index (χ0n) is 11.4. The molecule has 6 nitrogen and oxygen atoms in total. The number of aliphatic carboxylic acids is 1. The fourth-order valence-corrected chi connectivity index (χ4v) is 3.11. The Labute approximate surface area is 113 Å². The van der Waals surface area contributed by atoms with Gasteiger partial charge >= 0.3 is 5.97 Å². The zero-order chi connectivity index (χ0) is 15.1. The Kier molecular flexibility index (Phi) is 7.36. The summed E-state index contributed by atoms with van der Waals surface area (Å²) in [4.78, 5) is 22.4. The van der Waals surface area contributed by atoms with Gasteiger partial charge in [-0.3, -0.25) is 4.79 Å². The minimum Gasteiger partial charge on any atom is -0.480 e. The Morgan fingerprint density at radius 2 is 1.89 bits per heavy atom. The van der Waals surface area contributed by atoms with Crippen LogP contribution >= 0.6 is 0 Å². The van der Waals surface area contributed by atoms with E-state index < -0.39 is 33.5 Å². The molecule has 0 aromatic rings. The number of hydrogen-bond donors (Lipinski definition) is 2. The lowest BCUT2D eigenvalue weighted by molar-refractivity contribution is -0.141. The number of rotatable bonds is 8. The number of allylic oxidation sites excluding steroid dienone is 1. The number of amides is 1. The number of nitrogens with one attached hydrogen (secondary N) is 1. The molecule has 0 spiro atoms. The molecule has 0 aliphatic carbocycles. The molecule has 110 valence electrons. The third kappa shape index (κ3) is 8.36. The van der Waals surface area contributed by atoms with Crippen molar-refractivity contribution in [2.75, 3.05) is 11.5 Å². The van der Waals surface area contributed by atoms with E-state index in [1.54, 1.807) is 32.9 Å². The van der Waals surface area contributed by atoms with Crippen molar-refractivity contribution in [3.05, 3.63) is 12.2 Å². The van der Waals surface area contributed by atoms with Gasteiger partial charge in [0.2, 0.25) is 5.91 Å². The first-order valence-corrected chi connectivity index (χ1v) is 7.83. The molecule has 0 aliphatic heterocycles. The maximum Gasteiger partial charge on any atom is 0.326 e. The van der Waals surface area contributed by atoms with E-state index in [9.17, 15) is 18.0 Å². The minimum atomic E-state index is -3.49. The maximum absolute atomic E-state index is 11.6. The number of carboxylic acid groups (broad SMARTS) is 1. The number of carboxylic acids is 1. The van der Waals surface area contributed by atoms with Gasteiger partial charge in [0.05, 0.1) is 5.75 Å². The molecular formula is C12H21NO5S. The van der Waals surface area contributed by atoms with E-state index in [-0.39, 0.29) is 18.1 Å². The first kappa shape index (κ1) is 17.6. The summed E-state index contributed by atoms with van der Waals surface area (Å²) in [6.45, 7) is 5.21. The van der Waals surface area contributed by atoms with Crippen LogP contribution in [0.3, 0.4) is 0 Å². The standard InChI is InChI=1S/C12H21NO5S/c1-4-5-6-10(12(15)16)13-11(14)8-19(17,18)7-9(2)3/h4-5,9-10H,6-8H2,1-3H3,(H,13,14)(H,15,16)/b5-4+. The van der Waals surface area contributed by atoms with Gasteiger partial charge in [-0.2, -0.15) is 0 Å². The summed E-state index contributed by atoms with van der Waals surface area (Å²) < 4.78 is 23.2. The second kappa shape index (κ2) is 7.93. The summed E-state index contributed by atoms with van der Waals surface area (Å²) in [5.74, 6) is -2.81. The van der Waals surface area contributed by atoms with Gasteiger partial charge < -0.3 is 10.4 Å². The van der Waals surface area contributed by atoms with Crippen molar-refractivity contribution in [1.82, 2.24) is 5.32 Å². The van der Waals surface area contributed by atoms with Gasteiger partial charge in [0.25, 0.3) is 0 Å². The number of sulfone groups is 1. The average molecular weight is 291 g/mol. The lowest BCUT2D eigenvalue weighted by Gasteiger charge is -2.13. The second-order valence-electron chi connectivity index (χ2n) is 4.71. The Morgan fingerprint density at radius 3 is 2.32 bits per heavy atom. The first-order valence-electron chi connectivity index (χ1n) is 6.01. The highest BCUT2D eigenvalue weighted by Crippen LogP contribution is 2.01. The summed E-state index contributed by atoms with van der Waals surface area (Å²) in [7, 11) is -3.49. The van der Waals surface area contributed by atoms with Gasteiger partial charge in [-0.1, -0.05) is 26.0 Å². The predicted octanol–water partition coefficient (Wildman–Crippen LogP) is 0.593. The van der Waals surface area contributed by atoms with Gasteiger partial charge in [-0.15, -0.1) is 0 Å². The van der Waals surface area contributed by atoms with Gasteiger partial charge in [0.1, 0.15) is 11.8 Å². The molecule has 1 amide bonds. The molecule has 0 aromatic heterocycles. The van der Waals surface area contributed by atoms with Crippen LogP contribution < -0.4 is 5.32 Å². The van der Waals surface area contributed by atoms with E-state index in [1.165, 1.54) is 0 Å². The molecule has 0 rings (SSSR count). The number of carbonyl (C=O) groups is 2. The molecule has 0 aliphatic rings. The summed E-state index contributed by atoms with van der Waals surface area (Å²) in [6.07, 6.45) is 3.39. The van der Waals surface area contributed by atoms with Crippen LogP contribution in [0.1, 0.15) is 27.2 Å². The SMILES string of the molecule is C/C=C/CC(NC(=O)CS(=O)(=O)CC(C)C)C(=O)O. The second-order valence-corrected chi connectivity index (χ2v) is 6.82. The zero-order valence-corrected chi connectivity index (χ0v) is 12.2. The molecule has 1 atom stereocenters. The minimum absolute atomic E-state index is 0.0731. The van der Waals surface area contributed by atoms with Crippen molar-refractivity contribution < 1.29 is 23.1 Å². The molecule has 19 heavy (non-hydrogen) atoms. The summed E-state index contributed by atoms with van der Waals surface area (Å²) in [6, 6.07) is -1.10. The molecule has 0 heterocycles. The molecule has 0 saturated carbocycles. The molecule has 0 bridgehead atoms. The fraction of sp³-hybridized carbons (Fsp3) is 0.667. The predicted molar refractivity (Wildman–Crippen MR) is 72.5 cm³/mol. The van der Waals surface area contributed by atoms with Crippen molar-refractivity contribution >= 4 is 21.7 Å². The van der Waals surface area contributed by atoms with Crippen molar-refractivity contribution in [1.29, 1.82) is 0 Å². The van der Waals surface area contributed by atoms with Crippen LogP contribution in [0.2, 0.25) is 0 Å². The van der Waals surface area contributed by atoms with E-state index >= 15 is 0 Å². The Hall–Kier alpha value is -1.37. The average Bonchev–Trinajstić information content (AvgIpc) is 2.20. The van der Waals surface area contributed by atoms with Crippen LogP contribution in [0.15, 0.2) is 12.2 Å². The lowest BCUT2D eigenvalue weighted by Crippen LogP contribution is -2.43. The van der Waals surface area contributed by atoms with Gasteiger partial charge in [0, 0.05) is 0 Å². The van der Waals surface area contributed by atoms with E-state index in [2.05, 4.69) is 5.32 Å². The highest BCUT2D eigenvalue weighted by molar-refractivity contribution is 7.92. The fourth-order valence-electron chi connectivity index (χ4n) is 1.50. The highest BCUT2D eigenvalue weighted by Gasteiger charge is 2.23. The van der Waals surface area contributed by atoms with Gasteiger partial charge in [-0.05, 0) is 19.3 Å². The molecular weight excluding hydrogens is 270 g/mol. The van der Waals surface area contributed by atoms with Crippen LogP contribution in [0.4, 0.5) is 0 Å². The van der Waals surface area contributed by atoms with Gasteiger partial charge in [0.15, 0.2) is 9.84 Å². The topological polar surface area (TPSA) is 101 Å². The summed E-state index contributed by atoms with van der Waals surface area (Å²) in [5.41, 5.74) is 0. The third-order valence-electron chi connectivity index (χ3n) is 2.18. The molecule has 2 N–H and O–H groups in total. The van der Waals surface area contributed by atoms with E-state index in [0.29, 0.717) is 0 Å². The first-order chi connectivity index (χ1) is 8.68. The normalized spacial score (nSPS) is 13.7. The van der Waals surface area contributed by atoms with Crippen molar-refractivity contribution in [3.63, 3.8) is 0 Å².